The standard InChI is InChI=1S/C12H13ClO4S/c1-17-12(14)9-3-2-4-11(13)10(9)7-18(15,16)8-5-6-8/h2-4,8H,5-7H2,1H3. The normalized spacial score (nSPS) is 15.4. The van der Waals surface area contributed by atoms with Crippen LogP contribution in [0.15, 0.2) is 18.2 Å². The van der Waals surface area contributed by atoms with Crippen LogP contribution >= 0.6 is 11.6 Å². The highest BCUT2D eigenvalue weighted by Gasteiger charge is 2.36. The second kappa shape index (κ2) is 4.90. The van der Waals surface area contributed by atoms with E-state index in [1.807, 2.05) is 0 Å². The van der Waals surface area contributed by atoms with Crippen molar-refractivity contribution in [1.29, 1.82) is 0 Å². The van der Waals surface area contributed by atoms with E-state index in [9.17, 15) is 13.2 Å². The molecule has 0 N–H and O–H groups in total. The van der Waals surface area contributed by atoms with Crippen LogP contribution in [0.5, 0.6) is 0 Å². The van der Waals surface area contributed by atoms with Gasteiger partial charge in [0, 0.05) is 10.6 Å². The number of benzene rings is 1. The Kier molecular flexibility index (Phi) is 3.64. The summed E-state index contributed by atoms with van der Waals surface area (Å²) >= 11 is 5.99. The molecule has 0 atom stereocenters. The van der Waals surface area contributed by atoms with Gasteiger partial charge < -0.3 is 4.74 Å². The molecule has 0 spiro atoms. The summed E-state index contributed by atoms with van der Waals surface area (Å²) in [6.07, 6.45) is 1.39. The first-order chi connectivity index (χ1) is 8.45. The van der Waals surface area contributed by atoms with Gasteiger partial charge in [-0.25, -0.2) is 13.2 Å². The van der Waals surface area contributed by atoms with Crippen molar-refractivity contribution < 1.29 is 17.9 Å². The summed E-state index contributed by atoms with van der Waals surface area (Å²) in [6, 6.07) is 4.70. The lowest BCUT2D eigenvalue weighted by Crippen LogP contribution is -2.14. The van der Waals surface area contributed by atoms with Gasteiger partial charge in [0.15, 0.2) is 9.84 Å². The van der Waals surface area contributed by atoms with Gasteiger partial charge in [-0.05, 0) is 25.0 Å². The van der Waals surface area contributed by atoms with Crippen LogP contribution in [-0.2, 0) is 20.3 Å². The van der Waals surface area contributed by atoms with Gasteiger partial charge in [0.2, 0.25) is 0 Å². The highest BCUT2D eigenvalue weighted by atomic mass is 35.5. The third-order valence-corrected chi connectivity index (χ3v) is 5.43. The highest BCUT2D eigenvalue weighted by Crippen LogP contribution is 2.33. The molecule has 0 heterocycles. The van der Waals surface area contributed by atoms with Crippen LogP contribution < -0.4 is 0 Å². The van der Waals surface area contributed by atoms with Crippen LogP contribution in [0.25, 0.3) is 0 Å². The summed E-state index contributed by atoms with van der Waals surface area (Å²) in [5.74, 6) is -0.777. The molecule has 0 radical (unpaired) electrons. The third kappa shape index (κ3) is 2.67. The van der Waals surface area contributed by atoms with Gasteiger partial charge in [-0.2, -0.15) is 0 Å². The molecule has 1 fully saturated rings. The zero-order valence-electron chi connectivity index (χ0n) is 9.85. The summed E-state index contributed by atoms with van der Waals surface area (Å²) < 4.78 is 28.6. The minimum atomic E-state index is -3.22. The van der Waals surface area contributed by atoms with Gasteiger partial charge in [-0.15, -0.1) is 0 Å². The number of esters is 1. The molecule has 0 bridgehead atoms. The molecule has 6 heteroatoms. The zero-order valence-corrected chi connectivity index (χ0v) is 11.4. The molecule has 0 saturated heterocycles. The molecule has 4 nitrogen and oxygen atoms in total. The topological polar surface area (TPSA) is 60.4 Å². The number of rotatable bonds is 4. The Morgan fingerprint density at radius 2 is 2.11 bits per heavy atom. The van der Waals surface area contributed by atoms with Crippen molar-refractivity contribution in [3.63, 3.8) is 0 Å². The van der Waals surface area contributed by atoms with E-state index >= 15 is 0 Å². The number of hydrogen-bond acceptors (Lipinski definition) is 4. The average molecular weight is 289 g/mol. The van der Waals surface area contributed by atoms with Crippen LogP contribution in [0.4, 0.5) is 0 Å². The molecule has 1 aliphatic carbocycles. The molecule has 18 heavy (non-hydrogen) atoms. The number of methoxy groups -OCH3 is 1. The van der Waals surface area contributed by atoms with Gasteiger partial charge in [-0.3, -0.25) is 0 Å². The summed E-state index contributed by atoms with van der Waals surface area (Å²) in [6.45, 7) is 0. The van der Waals surface area contributed by atoms with Gasteiger partial charge in [0.1, 0.15) is 0 Å². The lowest BCUT2D eigenvalue weighted by molar-refractivity contribution is 0.0600. The molecule has 1 aromatic rings. The van der Waals surface area contributed by atoms with Crippen molar-refractivity contribution >= 4 is 27.4 Å². The number of ether oxygens (including phenoxy) is 1. The van der Waals surface area contributed by atoms with Gasteiger partial charge in [0.25, 0.3) is 0 Å². The van der Waals surface area contributed by atoms with Crippen molar-refractivity contribution in [2.75, 3.05) is 7.11 Å². The number of halogens is 1. The van der Waals surface area contributed by atoms with Crippen molar-refractivity contribution in [3.05, 3.63) is 34.3 Å². The SMILES string of the molecule is COC(=O)c1cccc(Cl)c1CS(=O)(=O)C1CC1. The van der Waals surface area contributed by atoms with Gasteiger partial charge >= 0.3 is 5.97 Å². The summed E-state index contributed by atoms with van der Waals surface area (Å²) in [7, 11) is -1.97. The molecule has 0 aliphatic heterocycles. The van der Waals surface area contributed by atoms with Crippen molar-refractivity contribution in [3.8, 4) is 0 Å². The predicted molar refractivity (Wildman–Crippen MR) is 68.4 cm³/mol. The molecular weight excluding hydrogens is 276 g/mol. The largest absolute Gasteiger partial charge is 0.465 e. The molecule has 0 unspecified atom stereocenters. The first-order valence-electron chi connectivity index (χ1n) is 5.53. The van der Waals surface area contributed by atoms with E-state index in [-0.39, 0.29) is 21.6 Å². The zero-order chi connectivity index (χ0) is 13.3. The number of carbonyl (C=O) groups is 1. The van der Waals surface area contributed by atoms with Crippen LogP contribution in [-0.4, -0.2) is 26.7 Å². The Morgan fingerprint density at radius 3 is 2.67 bits per heavy atom. The maximum atomic E-state index is 12.0. The smallest absolute Gasteiger partial charge is 0.338 e. The van der Waals surface area contributed by atoms with Crippen molar-refractivity contribution in [2.24, 2.45) is 0 Å². The lowest BCUT2D eigenvalue weighted by Gasteiger charge is -2.10. The quantitative estimate of drug-likeness (QED) is 0.797. The Bertz CT molecular complexity index is 576. The molecule has 0 amide bonds. The Labute approximate surface area is 111 Å². The number of carbonyl (C=O) groups excluding carboxylic acids is 1. The second-order valence-electron chi connectivity index (χ2n) is 4.26. The fraction of sp³-hybridized carbons (Fsp3) is 0.417. The van der Waals surface area contributed by atoms with Gasteiger partial charge in [0.05, 0.1) is 23.7 Å². The summed E-state index contributed by atoms with van der Waals surface area (Å²) in [4.78, 5) is 11.6. The minimum Gasteiger partial charge on any atom is -0.465 e. The lowest BCUT2D eigenvalue weighted by atomic mass is 10.1. The fourth-order valence-corrected chi connectivity index (χ4v) is 3.88. The van der Waals surface area contributed by atoms with E-state index in [0.29, 0.717) is 18.4 Å². The van der Waals surface area contributed by atoms with Crippen LogP contribution in [0.2, 0.25) is 5.02 Å². The number of hydrogen-bond donors (Lipinski definition) is 0. The van der Waals surface area contributed by atoms with Crippen molar-refractivity contribution in [1.82, 2.24) is 0 Å². The van der Waals surface area contributed by atoms with Crippen LogP contribution in [0.3, 0.4) is 0 Å². The second-order valence-corrected chi connectivity index (χ2v) is 6.95. The van der Waals surface area contributed by atoms with E-state index in [4.69, 9.17) is 11.6 Å². The Morgan fingerprint density at radius 1 is 1.44 bits per heavy atom. The van der Waals surface area contributed by atoms with Gasteiger partial charge in [-0.1, -0.05) is 17.7 Å². The number of sulfone groups is 1. The molecule has 1 aliphatic rings. The monoisotopic (exact) mass is 288 g/mol. The third-order valence-electron chi connectivity index (χ3n) is 2.90. The summed E-state index contributed by atoms with van der Waals surface area (Å²) in [5, 5.41) is 0.00129. The molecule has 2 rings (SSSR count). The first-order valence-corrected chi connectivity index (χ1v) is 7.62. The van der Waals surface area contributed by atoms with E-state index in [0.717, 1.165) is 0 Å². The predicted octanol–water partition coefficient (Wildman–Crippen LogP) is 2.20. The molecular formula is C12H13ClO4S. The van der Waals surface area contributed by atoms with E-state index in [2.05, 4.69) is 4.74 Å². The maximum absolute atomic E-state index is 12.0. The summed E-state index contributed by atoms with van der Waals surface area (Å²) in [5.41, 5.74) is 0.548. The van der Waals surface area contributed by atoms with E-state index in [1.54, 1.807) is 12.1 Å². The van der Waals surface area contributed by atoms with Crippen molar-refractivity contribution in [2.45, 2.75) is 23.8 Å². The molecule has 1 saturated carbocycles. The molecule has 0 aromatic heterocycles. The van der Waals surface area contributed by atoms with E-state index in [1.165, 1.54) is 13.2 Å². The molecule has 98 valence electrons. The maximum Gasteiger partial charge on any atom is 0.338 e. The van der Waals surface area contributed by atoms with E-state index < -0.39 is 15.8 Å². The highest BCUT2D eigenvalue weighted by molar-refractivity contribution is 7.91. The van der Waals surface area contributed by atoms with Crippen LogP contribution in [0, 0.1) is 0 Å². The van der Waals surface area contributed by atoms with Crippen LogP contribution in [0.1, 0.15) is 28.8 Å². The molecule has 1 aromatic carbocycles. The Hall–Kier alpha value is -1.07. The average Bonchev–Trinajstić information content (AvgIpc) is 3.15. The minimum absolute atomic E-state index is 0.207. The Balaban J connectivity index is 2.39. The first kappa shape index (κ1) is 13.4. The fourth-order valence-electron chi connectivity index (χ4n) is 1.75.